The van der Waals surface area contributed by atoms with Gasteiger partial charge in [0.05, 0.1) is 12.1 Å². The van der Waals surface area contributed by atoms with Crippen molar-refractivity contribution in [2.24, 2.45) is 17.6 Å². The van der Waals surface area contributed by atoms with E-state index in [1.807, 2.05) is 18.2 Å². The lowest BCUT2D eigenvalue weighted by molar-refractivity contribution is -0.123. The molecule has 0 saturated heterocycles. The fourth-order valence-electron chi connectivity index (χ4n) is 2.44. The number of benzene rings is 1. The Kier molecular flexibility index (Phi) is 4.59. The zero-order valence-corrected chi connectivity index (χ0v) is 11.8. The third-order valence-corrected chi connectivity index (χ3v) is 3.61. The van der Waals surface area contributed by atoms with Crippen LogP contribution in [0.3, 0.4) is 0 Å². The molecule has 1 amide bonds. The largest absolute Gasteiger partial charge is 0.348 e. The van der Waals surface area contributed by atoms with Crippen LogP contribution < -0.4 is 11.1 Å². The molecule has 1 fully saturated rings. The first-order valence-electron chi connectivity index (χ1n) is 7.19. The van der Waals surface area contributed by atoms with Gasteiger partial charge in [-0.3, -0.25) is 4.79 Å². The second kappa shape index (κ2) is 6.20. The Morgan fingerprint density at radius 3 is 2.47 bits per heavy atom. The third kappa shape index (κ3) is 4.06. The first-order valence-corrected chi connectivity index (χ1v) is 7.19. The van der Waals surface area contributed by atoms with Gasteiger partial charge in [-0.15, -0.1) is 0 Å². The van der Waals surface area contributed by atoms with Gasteiger partial charge in [0.15, 0.2) is 0 Å². The maximum absolute atomic E-state index is 12.2. The fraction of sp³-hybridized carbons (Fsp3) is 0.562. The SMILES string of the molecule is CC(C)CC(N)C(=O)NC(c1ccccc1)C1CC1. The van der Waals surface area contributed by atoms with E-state index in [9.17, 15) is 4.79 Å². The third-order valence-electron chi connectivity index (χ3n) is 3.61. The van der Waals surface area contributed by atoms with Crippen LogP contribution in [-0.4, -0.2) is 11.9 Å². The highest BCUT2D eigenvalue weighted by Crippen LogP contribution is 2.40. The number of carbonyl (C=O) groups is 1. The maximum Gasteiger partial charge on any atom is 0.237 e. The lowest BCUT2D eigenvalue weighted by Crippen LogP contribution is -2.43. The van der Waals surface area contributed by atoms with Crippen LogP contribution >= 0.6 is 0 Å². The Morgan fingerprint density at radius 2 is 1.95 bits per heavy atom. The minimum atomic E-state index is -0.398. The lowest BCUT2D eigenvalue weighted by atomic mass is 10.00. The van der Waals surface area contributed by atoms with Crippen LogP contribution in [0.15, 0.2) is 30.3 Å². The number of carbonyl (C=O) groups excluding carboxylic acids is 1. The van der Waals surface area contributed by atoms with Gasteiger partial charge in [-0.25, -0.2) is 0 Å². The molecule has 0 aromatic heterocycles. The molecule has 1 aliphatic rings. The van der Waals surface area contributed by atoms with Gasteiger partial charge in [-0.1, -0.05) is 44.2 Å². The van der Waals surface area contributed by atoms with Crippen molar-refractivity contribution < 1.29 is 4.79 Å². The number of rotatable bonds is 6. The van der Waals surface area contributed by atoms with Gasteiger partial charge in [-0.2, -0.15) is 0 Å². The number of nitrogens with one attached hydrogen (secondary N) is 1. The summed E-state index contributed by atoms with van der Waals surface area (Å²) in [6, 6.07) is 9.93. The van der Waals surface area contributed by atoms with E-state index in [2.05, 4.69) is 31.3 Å². The summed E-state index contributed by atoms with van der Waals surface area (Å²) in [6.07, 6.45) is 3.12. The van der Waals surface area contributed by atoms with Gasteiger partial charge in [0.25, 0.3) is 0 Å². The van der Waals surface area contributed by atoms with Gasteiger partial charge >= 0.3 is 0 Å². The lowest BCUT2D eigenvalue weighted by Gasteiger charge is -2.22. The van der Waals surface area contributed by atoms with Crippen molar-refractivity contribution in [3.05, 3.63) is 35.9 Å². The molecular weight excluding hydrogens is 236 g/mol. The molecule has 104 valence electrons. The smallest absolute Gasteiger partial charge is 0.237 e. The molecular formula is C16H24N2O. The normalized spacial score (nSPS) is 18.1. The molecule has 19 heavy (non-hydrogen) atoms. The predicted molar refractivity (Wildman–Crippen MR) is 77.5 cm³/mol. The predicted octanol–water partition coefficient (Wildman–Crippen LogP) is 2.63. The van der Waals surface area contributed by atoms with Crippen LogP contribution in [-0.2, 0) is 4.79 Å². The average molecular weight is 260 g/mol. The first-order chi connectivity index (χ1) is 9.08. The summed E-state index contributed by atoms with van der Waals surface area (Å²) in [7, 11) is 0. The van der Waals surface area contributed by atoms with Crippen LogP contribution in [0, 0.1) is 11.8 Å². The second-order valence-corrected chi connectivity index (χ2v) is 5.97. The summed E-state index contributed by atoms with van der Waals surface area (Å²) >= 11 is 0. The van der Waals surface area contributed by atoms with Crippen LogP contribution in [0.2, 0.25) is 0 Å². The summed E-state index contributed by atoms with van der Waals surface area (Å²) in [5.41, 5.74) is 7.14. The molecule has 3 N–H and O–H groups in total. The number of nitrogens with two attached hydrogens (primary N) is 1. The van der Waals surface area contributed by atoms with Gasteiger partial charge in [0.1, 0.15) is 0 Å². The Bertz CT molecular complexity index is 412. The molecule has 0 bridgehead atoms. The van der Waals surface area contributed by atoms with Gasteiger partial charge < -0.3 is 11.1 Å². The van der Waals surface area contributed by atoms with Crippen molar-refractivity contribution in [2.45, 2.75) is 45.2 Å². The molecule has 0 spiro atoms. The van der Waals surface area contributed by atoms with E-state index in [0.717, 1.165) is 6.42 Å². The molecule has 1 aromatic carbocycles. The standard InChI is InChI=1S/C16H24N2O/c1-11(2)10-14(17)16(19)18-15(13-8-9-13)12-6-4-3-5-7-12/h3-7,11,13-15H,8-10,17H2,1-2H3,(H,18,19). The summed E-state index contributed by atoms with van der Waals surface area (Å²) in [5, 5.41) is 3.14. The highest BCUT2D eigenvalue weighted by Gasteiger charge is 2.34. The zero-order chi connectivity index (χ0) is 13.8. The molecule has 1 saturated carbocycles. The molecule has 0 radical (unpaired) electrons. The number of hydrogen-bond acceptors (Lipinski definition) is 2. The van der Waals surface area contributed by atoms with E-state index in [0.29, 0.717) is 11.8 Å². The summed E-state index contributed by atoms with van der Waals surface area (Å²) < 4.78 is 0. The summed E-state index contributed by atoms with van der Waals surface area (Å²) in [5.74, 6) is 1.00. The van der Waals surface area contributed by atoms with E-state index in [-0.39, 0.29) is 11.9 Å². The quantitative estimate of drug-likeness (QED) is 0.826. The minimum Gasteiger partial charge on any atom is -0.348 e. The summed E-state index contributed by atoms with van der Waals surface area (Å²) in [4.78, 5) is 12.2. The molecule has 3 heteroatoms. The molecule has 2 unspecified atom stereocenters. The molecule has 3 nitrogen and oxygen atoms in total. The first kappa shape index (κ1) is 14.1. The molecule has 1 aromatic rings. The topological polar surface area (TPSA) is 55.1 Å². The van der Waals surface area contributed by atoms with Crippen molar-refractivity contribution in [1.82, 2.24) is 5.32 Å². The van der Waals surface area contributed by atoms with Crippen molar-refractivity contribution in [2.75, 3.05) is 0 Å². The Balaban J connectivity index is 2.00. The number of amides is 1. The molecule has 1 aliphatic carbocycles. The maximum atomic E-state index is 12.2. The van der Waals surface area contributed by atoms with Crippen LogP contribution in [0.5, 0.6) is 0 Å². The van der Waals surface area contributed by atoms with Crippen LogP contribution in [0.4, 0.5) is 0 Å². The molecule has 0 aliphatic heterocycles. The van der Waals surface area contributed by atoms with E-state index in [1.54, 1.807) is 0 Å². The highest BCUT2D eigenvalue weighted by atomic mass is 16.2. The van der Waals surface area contributed by atoms with Crippen molar-refractivity contribution in [3.63, 3.8) is 0 Å². The molecule has 2 rings (SSSR count). The summed E-state index contributed by atoms with van der Waals surface area (Å²) in [6.45, 7) is 4.17. The Hall–Kier alpha value is -1.35. The van der Waals surface area contributed by atoms with E-state index in [4.69, 9.17) is 5.73 Å². The van der Waals surface area contributed by atoms with Crippen molar-refractivity contribution in [1.29, 1.82) is 0 Å². The highest BCUT2D eigenvalue weighted by molar-refractivity contribution is 5.82. The van der Waals surface area contributed by atoms with E-state index >= 15 is 0 Å². The second-order valence-electron chi connectivity index (χ2n) is 5.97. The molecule has 2 atom stereocenters. The average Bonchev–Trinajstić information content (AvgIpc) is 3.20. The van der Waals surface area contributed by atoms with Gasteiger partial charge in [0.2, 0.25) is 5.91 Å². The molecule has 0 heterocycles. The van der Waals surface area contributed by atoms with Crippen LogP contribution in [0.25, 0.3) is 0 Å². The van der Waals surface area contributed by atoms with Gasteiger partial charge in [-0.05, 0) is 36.7 Å². The number of hydrogen-bond donors (Lipinski definition) is 2. The monoisotopic (exact) mass is 260 g/mol. The van der Waals surface area contributed by atoms with E-state index in [1.165, 1.54) is 18.4 Å². The van der Waals surface area contributed by atoms with Crippen molar-refractivity contribution in [3.8, 4) is 0 Å². The van der Waals surface area contributed by atoms with Gasteiger partial charge in [0, 0.05) is 0 Å². The zero-order valence-electron chi connectivity index (χ0n) is 11.8. The van der Waals surface area contributed by atoms with Crippen molar-refractivity contribution >= 4 is 5.91 Å². The van der Waals surface area contributed by atoms with Crippen LogP contribution in [0.1, 0.15) is 44.7 Å². The Morgan fingerprint density at radius 1 is 1.32 bits per heavy atom. The Labute approximate surface area is 115 Å². The van der Waals surface area contributed by atoms with E-state index < -0.39 is 6.04 Å². The fourth-order valence-corrected chi connectivity index (χ4v) is 2.44. The minimum absolute atomic E-state index is 0.0190.